The zero-order valence-corrected chi connectivity index (χ0v) is 13.6. The number of thioether (sulfide) groups is 1. The van der Waals surface area contributed by atoms with E-state index in [2.05, 4.69) is 32.8 Å². The van der Waals surface area contributed by atoms with Crippen molar-refractivity contribution >= 4 is 23.1 Å². The minimum atomic E-state index is 0.219. The van der Waals surface area contributed by atoms with Gasteiger partial charge in [0, 0.05) is 11.1 Å². The van der Waals surface area contributed by atoms with Crippen molar-refractivity contribution in [1.29, 1.82) is 0 Å². The van der Waals surface area contributed by atoms with Gasteiger partial charge in [0.15, 0.2) is 0 Å². The molecule has 0 atom stereocenters. The fourth-order valence-electron chi connectivity index (χ4n) is 1.91. The molecule has 2 heterocycles. The monoisotopic (exact) mass is 333 g/mol. The lowest BCUT2D eigenvalue weighted by Gasteiger charge is -2.03. The van der Waals surface area contributed by atoms with E-state index >= 15 is 0 Å². The van der Waals surface area contributed by atoms with Crippen LogP contribution in [0.25, 0.3) is 5.69 Å². The van der Waals surface area contributed by atoms with Crippen molar-refractivity contribution in [3.8, 4) is 11.4 Å². The normalized spacial score (nSPS) is 11.0. The third-order valence-electron chi connectivity index (χ3n) is 2.95. The Labute approximate surface area is 136 Å². The molecular weight excluding hydrogens is 318 g/mol. The van der Waals surface area contributed by atoms with Crippen LogP contribution in [0.1, 0.15) is 24.0 Å². The third kappa shape index (κ3) is 3.45. The first-order valence-electron chi connectivity index (χ1n) is 6.90. The van der Waals surface area contributed by atoms with E-state index < -0.39 is 0 Å². The molecule has 0 fully saturated rings. The Hall–Kier alpha value is -1.93. The topological polar surface area (TPSA) is 76.7 Å². The number of hydrogen-bond acceptors (Lipinski definition) is 7. The molecule has 0 bridgehead atoms. The molecule has 0 radical (unpaired) electrons. The number of thiazole rings is 1. The second-order valence-corrected chi connectivity index (χ2v) is 6.55. The van der Waals surface area contributed by atoms with E-state index in [4.69, 9.17) is 0 Å². The molecule has 0 aliphatic heterocycles. The van der Waals surface area contributed by atoms with Gasteiger partial charge in [-0.15, -0.1) is 16.4 Å². The molecule has 0 unspecified atom stereocenters. The number of hydrogen-bond donors (Lipinski definition) is 1. The zero-order chi connectivity index (χ0) is 15.4. The molecule has 1 aromatic carbocycles. The maximum Gasteiger partial charge on any atom is 0.214 e. The molecule has 22 heavy (non-hydrogen) atoms. The predicted molar refractivity (Wildman–Crippen MR) is 86.5 cm³/mol. The highest BCUT2D eigenvalue weighted by molar-refractivity contribution is 7.98. The summed E-state index contributed by atoms with van der Waals surface area (Å²) in [6.45, 7) is 2.15. The van der Waals surface area contributed by atoms with Gasteiger partial charge in [-0.05, 0) is 47.5 Å². The SMILES string of the molecule is CCCc1nc(CSc2nnnn2-c2ccc(O)cc2)cs1. The number of phenolic OH excluding ortho intramolecular Hbond substituents is 1. The van der Waals surface area contributed by atoms with Crippen molar-refractivity contribution in [2.45, 2.75) is 30.7 Å². The number of aromatic nitrogens is 5. The fraction of sp³-hybridized carbons (Fsp3) is 0.286. The lowest BCUT2D eigenvalue weighted by molar-refractivity contribution is 0.475. The van der Waals surface area contributed by atoms with Gasteiger partial charge in [-0.3, -0.25) is 0 Å². The van der Waals surface area contributed by atoms with E-state index in [-0.39, 0.29) is 5.75 Å². The molecular formula is C14H15N5OS2. The minimum absolute atomic E-state index is 0.219. The number of nitrogens with zero attached hydrogens (tertiary/aromatic N) is 5. The van der Waals surface area contributed by atoms with Crippen molar-refractivity contribution in [2.24, 2.45) is 0 Å². The highest BCUT2D eigenvalue weighted by atomic mass is 32.2. The Balaban J connectivity index is 1.70. The Morgan fingerprint density at radius 2 is 2.09 bits per heavy atom. The second kappa shape index (κ2) is 6.89. The van der Waals surface area contributed by atoms with E-state index in [1.54, 1.807) is 52.0 Å². The van der Waals surface area contributed by atoms with Crippen LogP contribution in [0.2, 0.25) is 0 Å². The molecule has 3 rings (SSSR count). The van der Waals surface area contributed by atoms with Crippen LogP contribution in [0, 0.1) is 0 Å². The predicted octanol–water partition coefficient (Wildman–Crippen LogP) is 3.07. The average Bonchev–Trinajstić information content (AvgIpc) is 3.15. The number of aryl methyl sites for hydroxylation is 1. The molecule has 0 spiro atoms. The number of benzene rings is 1. The Morgan fingerprint density at radius 3 is 2.86 bits per heavy atom. The smallest absolute Gasteiger partial charge is 0.214 e. The quantitative estimate of drug-likeness (QED) is 0.699. The molecule has 0 amide bonds. The molecule has 0 saturated carbocycles. The van der Waals surface area contributed by atoms with E-state index in [1.165, 1.54) is 5.01 Å². The summed E-state index contributed by atoms with van der Waals surface area (Å²) in [5.74, 6) is 0.954. The number of rotatable bonds is 6. The summed E-state index contributed by atoms with van der Waals surface area (Å²) in [4.78, 5) is 4.60. The molecule has 3 aromatic rings. The Bertz CT molecular complexity index is 738. The van der Waals surface area contributed by atoms with Crippen molar-refractivity contribution in [1.82, 2.24) is 25.2 Å². The van der Waals surface area contributed by atoms with Crippen LogP contribution in [0.4, 0.5) is 0 Å². The summed E-state index contributed by atoms with van der Waals surface area (Å²) >= 11 is 3.25. The second-order valence-electron chi connectivity index (χ2n) is 4.66. The third-order valence-corrected chi connectivity index (χ3v) is 4.86. The van der Waals surface area contributed by atoms with E-state index in [0.717, 1.165) is 30.0 Å². The van der Waals surface area contributed by atoms with Crippen LogP contribution in [-0.4, -0.2) is 30.3 Å². The molecule has 0 aliphatic carbocycles. The maximum atomic E-state index is 9.35. The summed E-state index contributed by atoms with van der Waals surface area (Å²) < 4.78 is 1.66. The molecule has 114 valence electrons. The van der Waals surface area contributed by atoms with Crippen molar-refractivity contribution in [3.63, 3.8) is 0 Å². The molecule has 0 aliphatic rings. The van der Waals surface area contributed by atoms with E-state index in [9.17, 15) is 5.11 Å². The summed E-state index contributed by atoms with van der Waals surface area (Å²) in [5, 5.41) is 25.1. The van der Waals surface area contributed by atoms with Crippen LogP contribution in [-0.2, 0) is 12.2 Å². The largest absolute Gasteiger partial charge is 0.508 e. The van der Waals surface area contributed by atoms with Crippen molar-refractivity contribution < 1.29 is 5.11 Å². The fourth-order valence-corrected chi connectivity index (χ4v) is 3.70. The van der Waals surface area contributed by atoms with Crippen molar-refractivity contribution in [2.75, 3.05) is 0 Å². The van der Waals surface area contributed by atoms with Gasteiger partial charge in [0.1, 0.15) is 5.75 Å². The lowest BCUT2D eigenvalue weighted by atomic mass is 10.3. The van der Waals surface area contributed by atoms with E-state index in [0.29, 0.717) is 5.16 Å². The van der Waals surface area contributed by atoms with Gasteiger partial charge < -0.3 is 5.11 Å². The summed E-state index contributed by atoms with van der Waals surface area (Å²) in [5.41, 5.74) is 1.87. The number of tetrazole rings is 1. The zero-order valence-electron chi connectivity index (χ0n) is 12.0. The van der Waals surface area contributed by atoms with Gasteiger partial charge in [-0.2, -0.15) is 4.68 Å². The van der Waals surface area contributed by atoms with Crippen LogP contribution in [0.15, 0.2) is 34.8 Å². The minimum Gasteiger partial charge on any atom is -0.508 e. The molecule has 1 N–H and O–H groups in total. The van der Waals surface area contributed by atoms with Gasteiger partial charge in [-0.25, -0.2) is 4.98 Å². The summed E-state index contributed by atoms with van der Waals surface area (Å²) in [7, 11) is 0. The first-order valence-corrected chi connectivity index (χ1v) is 8.76. The van der Waals surface area contributed by atoms with Gasteiger partial charge in [-0.1, -0.05) is 18.7 Å². The van der Waals surface area contributed by atoms with E-state index in [1.807, 2.05) is 0 Å². The first-order chi connectivity index (χ1) is 10.8. The molecule has 6 nitrogen and oxygen atoms in total. The summed E-state index contributed by atoms with van der Waals surface area (Å²) in [6, 6.07) is 6.78. The Kier molecular flexibility index (Phi) is 4.69. The van der Waals surface area contributed by atoms with Crippen LogP contribution < -0.4 is 0 Å². The van der Waals surface area contributed by atoms with Crippen LogP contribution >= 0.6 is 23.1 Å². The highest BCUT2D eigenvalue weighted by Crippen LogP contribution is 2.24. The van der Waals surface area contributed by atoms with Gasteiger partial charge >= 0.3 is 0 Å². The van der Waals surface area contributed by atoms with Gasteiger partial charge in [0.05, 0.1) is 16.4 Å². The van der Waals surface area contributed by atoms with Crippen molar-refractivity contribution in [3.05, 3.63) is 40.3 Å². The standard InChI is InChI=1S/C14H15N5OS2/c1-2-3-13-15-10(8-21-13)9-22-14-16-17-18-19(14)11-4-6-12(20)7-5-11/h4-8,20H,2-3,9H2,1H3. The molecule has 8 heteroatoms. The van der Waals surface area contributed by atoms with Crippen LogP contribution in [0.3, 0.4) is 0 Å². The highest BCUT2D eigenvalue weighted by Gasteiger charge is 2.10. The van der Waals surface area contributed by atoms with Crippen LogP contribution in [0.5, 0.6) is 5.75 Å². The average molecular weight is 333 g/mol. The number of phenols is 1. The summed E-state index contributed by atoms with van der Waals surface area (Å²) in [6.07, 6.45) is 2.14. The molecule has 0 saturated heterocycles. The number of aromatic hydroxyl groups is 1. The van der Waals surface area contributed by atoms with Gasteiger partial charge in [0.25, 0.3) is 0 Å². The Morgan fingerprint density at radius 1 is 1.27 bits per heavy atom. The van der Waals surface area contributed by atoms with Gasteiger partial charge in [0.2, 0.25) is 5.16 Å². The molecule has 2 aromatic heterocycles. The maximum absolute atomic E-state index is 9.35. The first kappa shape index (κ1) is 15.0. The lowest BCUT2D eigenvalue weighted by Crippen LogP contribution is -1.98.